The normalized spacial score (nSPS) is 21.5. The van der Waals surface area contributed by atoms with Gasteiger partial charge in [0, 0.05) is 11.6 Å². The first-order chi connectivity index (χ1) is 14.6. The van der Waals surface area contributed by atoms with Crippen molar-refractivity contribution < 1.29 is 21.6 Å². The molecule has 2 fully saturated rings. The van der Waals surface area contributed by atoms with Crippen LogP contribution in [0.25, 0.3) is 0 Å². The third-order valence-corrected chi connectivity index (χ3v) is 9.06. The van der Waals surface area contributed by atoms with Crippen LogP contribution in [0, 0.1) is 12.8 Å². The van der Waals surface area contributed by atoms with E-state index in [1.807, 2.05) is 31.2 Å². The van der Waals surface area contributed by atoms with E-state index >= 15 is 0 Å². The Balaban J connectivity index is 1.50. The summed E-state index contributed by atoms with van der Waals surface area (Å²) in [5.74, 6) is -0.182. The molecule has 2 aromatic carbocycles. The highest BCUT2D eigenvalue weighted by Gasteiger charge is 2.34. The SMILES string of the molecule is Cc1ccc([C@H](NC(=O)c2cccc(S(=O)(=O)N[C@@H]3CCS(=O)(=O)C3)c2)C2CC2)cc1. The summed E-state index contributed by atoms with van der Waals surface area (Å²) in [5.41, 5.74) is 2.43. The van der Waals surface area contributed by atoms with Gasteiger partial charge < -0.3 is 5.32 Å². The maximum Gasteiger partial charge on any atom is 0.251 e. The van der Waals surface area contributed by atoms with Crippen LogP contribution in [0.15, 0.2) is 53.4 Å². The molecule has 2 atom stereocenters. The van der Waals surface area contributed by atoms with Gasteiger partial charge in [-0.3, -0.25) is 4.79 Å². The third-order valence-electron chi connectivity index (χ3n) is 5.78. The zero-order valence-electron chi connectivity index (χ0n) is 17.2. The second kappa shape index (κ2) is 8.37. The molecule has 1 aliphatic heterocycles. The lowest BCUT2D eigenvalue weighted by Crippen LogP contribution is -2.35. The number of nitrogens with one attached hydrogen (secondary N) is 2. The summed E-state index contributed by atoms with van der Waals surface area (Å²) in [4.78, 5) is 12.9. The summed E-state index contributed by atoms with van der Waals surface area (Å²) in [6.07, 6.45) is 2.34. The molecule has 1 amide bonds. The van der Waals surface area contributed by atoms with Gasteiger partial charge in [-0.1, -0.05) is 35.9 Å². The zero-order valence-corrected chi connectivity index (χ0v) is 18.9. The molecule has 0 spiro atoms. The van der Waals surface area contributed by atoms with Crippen LogP contribution in [0.3, 0.4) is 0 Å². The molecular formula is C22H26N2O5S2. The molecule has 9 heteroatoms. The first-order valence-corrected chi connectivity index (χ1v) is 13.6. The van der Waals surface area contributed by atoms with Gasteiger partial charge in [-0.15, -0.1) is 0 Å². The summed E-state index contributed by atoms with van der Waals surface area (Å²) in [6.45, 7) is 2.01. The minimum atomic E-state index is -3.93. The molecule has 0 aromatic heterocycles. The number of carbonyl (C=O) groups is 1. The molecule has 166 valence electrons. The first-order valence-electron chi connectivity index (χ1n) is 10.3. The van der Waals surface area contributed by atoms with Gasteiger partial charge in [0.2, 0.25) is 10.0 Å². The highest BCUT2D eigenvalue weighted by molar-refractivity contribution is 7.92. The summed E-state index contributed by atoms with van der Waals surface area (Å²) in [6, 6.07) is 13.1. The minimum absolute atomic E-state index is 0.0236. The zero-order chi connectivity index (χ0) is 22.2. The molecule has 2 aliphatic rings. The lowest BCUT2D eigenvalue weighted by atomic mass is 10.0. The van der Waals surface area contributed by atoms with E-state index in [-0.39, 0.29) is 40.3 Å². The molecule has 31 heavy (non-hydrogen) atoms. The summed E-state index contributed by atoms with van der Waals surface area (Å²) in [7, 11) is -7.14. The summed E-state index contributed by atoms with van der Waals surface area (Å²) < 4.78 is 51.1. The van der Waals surface area contributed by atoms with E-state index in [1.54, 1.807) is 6.07 Å². The second-order valence-corrected chi connectivity index (χ2v) is 12.4. The minimum Gasteiger partial charge on any atom is -0.345 e. The fourth-order valence-corrected chi connectivity index (χ4v) is 6.98. The van der Waals surface area contributed by atoms with Crippen molar-refractivity contribution in [3.8, 4) is 0 Å². The first kappa shape index (κ1) is 22.0. The Morgan fingerprint density at radius 3 is 2.39 bits per heavy atom. The standard InChI is InChI=1S/C22H26N2O5S2/c1-15-5-7-16(8-6-15)21(17-9-10-17)23-22(25)18-3-2-4-20(13-18)31(28,29)24-19-11-12-30(26,27)14-19/h2-8,13,17,19,21,24H,9-12,14H2,1H3,(H,23,25)/t19-,21+/m1/s1. The fraction of sp³-hybridized carbons (Fsp3) is 0.409. The van der Waals surface area contributed by atoms with E-state index in [4.69, 9.17) is 0 Å². The van der Waals surface area contributed by atoms with E-state index < -0.39 is 25.9 Å². The molecule has 7 nitrogen and oxygen atoms in total. The van der Waals surface area contributed by atoms with Crippen molar-refractivity contribution in [2.75, 3.05) is 11.5 Å². The van der Waals surface area contributed by atoms with E-state index in [2.05, 4.69) is 10.0 Å². The Hall–Kier alpha value is -2.23. The number of hydrogen-bond acceptors (Lipinski definition) is 5. The third kappa shape index (κ3) is 5.34. The summed E-state index contributed by atoms with van der Waals surface area (Å²) >= 11 is 0. The molecule has 1 saturated heterocycles. The number of benzene rings is 2. The lowest BCUT2D eigenvalue weighted by Gasteiger charge is -2.19. The van der Waals surface area contributed by atoms with Gasteiger partial charge in [0.15, 0.2) is 9.84 Å². The highest BCUT2D eigenvalue weighted by Crippen LogP contribution is 2.41. The fourth-order valence-electron chi connectivity index (χ4n) is 3.88. The number of sulfonamides is 1. The maximum absolute atomic E-state index is 12.9. The molecule has 1 heterocycles. The van der Waals surface area contributed by atoms with Crippen LogP contribution in [0.4, 0.5) is 0 Å². The maximum atomic E-state index is 12.9. The van der Waals surface area contributed by atoms with Crippen molar-refractivity contribution in [1.82, 2.24) is 10.0 Å². The number of rotatable bonds is 7. The van der Waals surface area contributed by atoms with Gasteiger partial charge in [0.1, 0.15) is 0 Å². The monoisotopic (exact) mass is 462 g/mol. The molecule has 1 saturated carbocycles. The van der Waals surface area contributed by atoms with Crippen LogP contribution in [-0.2, 0) is 19.9 Å². The molecule has 0 radical (unpaired) electrons. The largest absolute Gasteiger partial charge is 0.345 e. The smallest absolute Gasteiger partial charge is 0.251 e. The molecule has 1 aliphatic carbocycles. The number of carbonyl (C=O) groups excluding carboxylic acids is 1. The molecule has 0 unspecified atom stereocenters. The Morgan fingerprint density at radius 1 is 1.06 bits per heavy atom. The van der Waals surface area contributed by atoms with Gasteiger partial charge in [-0.05, 0) is 55.9 Å². The average Bonchev–Trinajstić information content (AvgIpc) is 3.50. The van der Waals surface area contributed by atoms with Gasteiger partial charge in [-0.25, -0.2) is 21.6 Å². The number of sulfone groups is 1. The van der Waals surface area contributed by atoms with Crippen LogP contribution in [-0.4, -0.2) is 40.3 Å². The lowest BCUT2D eigenvalue weighted by molar-refractivity contribution is 0.0931. The van der Waals surface area contributed by atoms with Crippen LogP contribution in [0.1, 0.15) is 46.8 Å². The molecule has 0 bridgehead atoms. The van der Waals surface area contributed by atoms with Crippen molar-refractivity contribution in [2.24, 2.45) is 5.92 Å². The molecule has 4 rings (SSSR count). The van der Waals surface area contributed by atoms with Crippen molar-refractivity contribution >= 4 is 25.8 Å². The molecular weight excluding hydrogens is 436 g/mol. The quantitative estimate of drug-likeness (QED) is 0.656. The van der Waals surface area contributed by atoms with E-state index in [0.29, 0.717) is 5.92 Å². The predicted octanol–water partition coefficient (Wildman–Crippen LogP) is 2.34. The Bertz CT molecular complexity index is 1190. The van der Waals surface area contributed by atoms with Crippen molar-refractivity contribution in [2.45, 2.75) is 43.2 Å². The molecule has 2 N–H and O–H groups in total. The van der Waals surface area contributed by atoms with E-state index in [0.717, 1.165) is 24.0 Å². The van der Waals surface area contributed by atoms with Gasteiger partial charge >= 0.3 is 0 Å². The van der Waals surface area contributed by atoms with Crippen LogP contribution >= 0.6 is 0 Å². The topological polar surface area (TPSA) is 109 Å². The van der Waals surface area contributed by atoms with Crippen molar-refractivity contribution in [3.05, 3.63) is 65.2 Å². The predicted molar refractivity (Wildman–Crippen MR) is 118 cm³/mol. The Morgan fingerprint density at radius 2 is 1.77 bits per heavy atom. The van der Waals surface area contributed by atoms with Crippen LogP contribution in [0.2, 0.25) is 0 Å². The van der Waals surface area contributed by atoms with E-state index in [1.165, 1.54) is 18.2 Å². The van der Waals surface area contributed by atoms with E-state index in [9.17, 15) is 21.6 Å². The van der Waals surface area contributed by atoms with Crippen LogP contribution in [0.5, 0.6) is 0 Å². The van der Waals surface area contributed by atoms with Gasteiger partial charge in [-0.2, -0.15) is 0 Å². The van der Waals surface area contributed by atoms with Crippen molar-refractivity contribution in [1.29, 1.82) is 0 Å². The van der Waals surface area contributed by atoms with Gasteiger partial charge in [0.25, 0.3) is 5.91 Å². The van der Waals surface area contributed by atoms with Gasteiger partial charge in [0.05, 0.1) is 22.4 Å². The number of hydrogen-bond donors (Lipinski definition) is 2. The van der Waals surface area contributed by atoms with Crippen LogP contribution < -0.4 is 10.0 Å². The average molecular weight is 463 g/mol. The number of amides is 1. The molecule has 2 aromatic rings. The second-order valence-electron chi connectivity index (χ2n) is 8.45. The Labute approximate surface area is 183 Å². The summed E-state index contributed by atoms with van der Waals surface area (Å²) in [5, 5.41) is 3.06. The highest BCUT2D eigenvalue weighted by atomic mass is 32.2. The Kier molecular flexibility index (Phi) is 5.93. The van der Waals surface area contributed by atoms with Crippen molar-refractivity contribution in [3.63, 3.8) is 0 Å². The number of aryl methyl sites for hydroxylation is 1.